The second kappa shape index (κ2) is 8.51. The minimum Gasteiger partial charge on any atom is -0.508 e. The molecule has 0 atom stereocenters. The van der Waals surface area contributed by atoms with E-state index >= 15 is 0 Å². The highest BCUT2D eigenvalue weighted by molar-refractivity contribution is 5.98. The zero-order valence-corrected chi connectivity index (χ0v) is 12.5. The number of aromatic hydroxyl groups is 1. The van der Waals surface area contributed by atoms with Crippen LogP contribution in [0.3, 0.4) is 0 Å². The van der Waals surface area contributed by atoms with Gasteiger partial charge in [-0.05, 0) is 41.5 Å². The Kier molecular flexibility index (Phi) is 6.08. The van der Waals surface area contributed by atoms with E-state index in [4.69, 9.17) is 5.11 Å². The molecule has 0 spiro atoms. The number of carbonyl (C=O) groups excluding carboxylic acids is 1. The van der Waals surface area contributed by atoms with Gasteiger partial charge < -0.3 is 10.2 Å². The van der Waals surface area contributed by atoms with Gasteiger partial charge in [-0.1, -0.05) is 30.3 Å². The van der Waals surface area contributed by atoms with Crippen molar-refractivity contribution in [3.05, 3.63) is 71.3 Å². The van der Waals surface area contributed by atoms with Crippen molar-refractivity contribution in [3.8, 4) is 5.75 Å². The third-order valence-corrected chi connectivity index (χ3v) is 3.09. The molecular weight excluding hydrogens is 292 g/mol. The standard InChI is InChI=1S/C18H18N2O3/c21-11-10-16(12-14-4-2-1-3-5-14)18(23)20-19-13-15-6-8-17(22)9-7-15/h1-9,12-13,21-22H,10-11H2,(H,20,23)/b16-12+,19-13?. The molecule has 0 bridgehead atoms. The van der Waals surface area contributed by atoms with Gasteiger partial charge in [0.25, 0.3) is 5.91 Å². The average molecular weight is 310 g/mol. The molecule has 0 aromatic heterocycles. The molecular formula is C18H18N2O3. The maximum atomic E-state index is 12.1. The number of rotatable bonds is 6. The number of phenols is 1. The fourth-order valence-corrected chi connectivity index (χ4v) is 1.92. The second-order valence-corrected chi connectivity index (χ2v) is 4.84. The highest BCUT2D eigenvalue weighted by atomic mass is 16.3. The van der Waals surface area contributed by atoms with Gasteiger partial charge in [-0.15, -0.1) is 0 Å². The Hall–Kier alpha value is -2.92. The van der Waals surface area contributed by atoms with Crippen LogP contribution in [0.5, 0.6) is 5.75 Å². The fourth-order valence-electron chi connectivity index (χ4n) is 1.92. The molecule has 0 radical (unpaired) electrons. The summed E-state index contributed by atoms with van der Waals surface area (Å²) < 4.78 is 0. The number of amides is 1. The van der Waals surface area contributed by atoms with E-state index in [9.17, 15) is 9.90 Å². The Morgan fingerprint density at radius 2 is 1.74 bits per heavy atom. The molecule has 0 aliphatic carbocycles. The molecule has 2 aromatic carbocycles. The van der Waals surface area contributed by atoms with Crippen molar-refractivity contribution in [2.45, 2.75) is 6.42 Å². The van der Waals surface area contributed by atoms with Gasteiger partial charge in [0.15, 0.2) is 0 Å². The van der Waals surface area contributed by atoms with E-state index in [0.717, 1.165) is 11.1 Å². The van der Waals surface area contributed by atoms with Gasteiger partial charge in [-0.25, -0.2) is 5.43 Å². The van der Waals surface area contributed by atoms with Crippen LogP contribution in [0.4, 0.5) is 0 Å². The molecule has 0 fully saturated rings. The summed E-state index contributed by atoms with van der Waals surface area (Å²) >= 11 is 0. The van der Waals surface area contributed by atoms with E-state index in [1.807, 2.05) is 30.3 Å². The predicted molar refractivity (Wildman–Crippen MR) is 90.0 cm³/mol. The summed E-state index contributed by atoms with van der Waals surface area (Å²) in [6, 6.07) is 15.8. The molecule has 0 saturated carbocycles. The highest BCUT2D eigenvalue weighted by Crippen LogP contribution is 2.10. The molecule has 3 N–H and O–H groups in total. The zero-order valence-electron chi connectivity index (χ0n) is 12.5. The van der Waals surface area contributed by atoms with Crippen LogP contribution in [-0.2, 0) is 4.79 Å². The van der Waals surface area contributed by atoms with Gasteiger partial charge in [0.1, 0.15) is 5.75 Å². The SMILES string of the molecule is O=C(NN=Cc1ccc(O)cc1)/C(=C/c1ccccc1)CCO. The maximum absolute atomic E-state index is 12.1. The summed E-state index contributed by atoms with van der Waals surface area (Å²) in [5.74, 6) is -0.194. The molecule has 23 heavy (non-hydrogen) atoms. The molecule has 5 heteroatoms. The summed E-state index contributed by atoms with van der Waals surface area (Å²) in [5, 5.41) is 22.2. The highest BCUT2D eigenvalue weighted by Gasteiger charge is 2.08. The van der Waals surface area contributed by atoms with Crippen LogP contribution in [-0.4, -0.2) is 28.9 Å². The molecule has 2 rings (SSSR count). The van der Waals surface area contributed by atoms with E-state index in [0.29, 0.717) is 5.57 Å². The number of hydrogen-bond acceptors (Lipinski definition) is 4. The number of hydrazone groups is 1. The Labute approximate surface area is 134 Å². The van der Waals surface area contributed by atoms with Gasteiger partial charge in [0.2, 0.25) is 0 Å². The number of aliphatic hydroxyl groups is 1. The van der Waals surface area contributed by atoms with Crippen LogP contribution in [0, 0.1) is 0 Å². The first-order valence-corrected chi connectivity index (χ1v) is 7.18. The molecule has 2 aromatic rings. The number of hydrogen-bond donors (Lipinski definition) is 3. The number of carbonyl (C=O) groups is 1. The minimum atomic E-state index is -0.363. The van der Waals surface area contributed by atoms with E-state index in [-0.39, 0.29) is 24.7 Å². The van der Waals surface area contributed by atoms with Gasteiger partial charge in [-0.3, -0.25) is 4.79 Å². The van der Waals surface area contributed by atoms with Crippen molar-refractivity contribution >= 4 is 18.2 Å². The van der Waals surface area contributed by atoms with Crippen LogP contribution >= 0.6 is 0 Å². The zero-order chi connectivity index (χ0) is 16.5. The van der Waals surface area contributed by atoms with E-state index < -0.39 is 0 Å². The van der Waals surface area contributed by atoms with Crippen LogP contribution in [0.2, 0.25) is 0 Å². The van der Waals surface area contributed by atoms with Gasteiger partial charge >= 0.3 is 0 Å². The molecule has 0 heterocycles. The second-order valence-electron chi connectivity index (χ2n) is 4.84. The third kappa shape index (κ3) is 5.41. The van der Waals surface area contributed by atoms with Crippen LogP contribution in [0.15, 0.2) is 65.3 Å². The Balaban J connectivity index is 2.03. The van der Waals surface area contributed by atoms with E-state index in [2.05, 4.69) is 10.5 Å². The Bertz CT molecular complexity index is 692. The fraction of sp³-hybridized carbons (Fsp3) is 0.111. The lowest BCUT2D eigenvalue weighted by atomic mass is 10.1. The molecule has 0 saturated heterocycles. The molecule has 0 aliphatic heterocycles. The first kappa shape index (κ1) is 16.5. The molecule has 5 nitrogen and oxygen atoms in total. The Morgan fingerprint density at radius 3 is 2.39 bits per heavy atom. The normalized spacial score (nSPS) is 11.6. The predicted octanol–water partition coefficient (Wildman–Crippen LogP) is 2.31. The van der Waals surface area contributed by atoms with E-state index in [1.54, 1.807) is 18.2 Å². The van der Waals surface area contributed by atoms with E-state index in [1.165, 1.54) is 18.3 Å². The molecule has 0 unspecified atom stereocenters. The van der Waals surface area contributed by atoms with Crippen LogP contribution in [0.25, 0.3) is 6.08 Å². The Morgan fingerprint density at radius 1 is 1.04 bits per heavy atom. The number of benzene rings is 2. The number of nitrogens with zero attached hydrogens (tertiary/aromatic N) is 1. The first-order chi connectivity index (χ1) is 11.2. The molecule has 0 aliphatic rings. The van der Waals surface area contributed by atoms with Gasteiger partial charge in [0, 0.05) is 18.6 Å². The summed E-state index contributed by atoms with van der Waals surface area (Å²) in [5.41, 5.74) is 4.52. The number of phenolic OH excluding ortho intramolecular Hbond substituents is 1. The third-order valence-electron chi connectivity index (χ3n) is 3.09. The monoisotopic (exact) mass is 310 g/mol. The average Bonchev–Trinajstić information content (AvgIpc) is 2.57. The summed E-state index contributed by atoms with van der Waals surface area (Å²) in [6.45, 7) is -0.117. The lowest BCUT2D eigenvalue weighted by molar-refractivity contribution is -0.117. The smallest absolute Gasteiger partial charge is 0.267 e. The quantitative estimate of drug-likeness (QED) is 0.435. The number of nitrogens with one attached hydrogen (secondary N) is 1. The summed E-state index contributed by atoms with van der Waals surface area (Å²) in [7, 11) is 0. The minimum absolute atomic E-state index is 0.117. The van der Waals surface area contributed by atoms with Crippen molar-refractivity contribution in [3.63, 3.8) is 0 Å². The van der Waals surface area contributed by atoms with Crippen LogP contribution < -0.4 is 5.43 Å². The van der Waals surface area contributed by atoms with Crippen molar-refractivity contribution in [2.75, 3.05) is 6.61 Å². The van der Waals surface area contributed by atoms with Crippen molar-refractivity contribution < 1.29 is 15.0 Å². The molecule has 1 amide bonds. The summed E-state index contributed by atoms with van der Waals surface area (Å²) in [4.78, 5) is 12.1. The molecule has 118 valence electrons. The topological polar surface area (TPSA) is 81.9 Å². The lowest BCUT2D eigenvalue weighted by Crippen LogP contribution is -2.20. The first-order valence-electron chi connectivity index (χ1n) is 7.18. The van der Waals surface area contributed by atoms with Crippen molar-refractivity contribution in [1.29, 1.82) is 0 Å². The van der Waals surface area contributed by atoms with Gasteiger partial charge in [-0.2, -0.15) is 5.10 Å². The van der Waals surface area contributed by atoms with Crippen LogP contribution in [0.1, 0.15) is 17.5 Å². The van der Waals surface area contributed by atoms with Crippen molar-refractivity contribution in [2.24, 2.45) is 5.10 Å². The summed E-state index contributed by atoms with van der Waals surface area (Å²) in [6.07, 6.45) is 3.45. The lowest BCUT2D eigenvalue weighted by Gasteiger charge is -2.04. The van der Waals surface area contributed by atoms with Gasteiger partial charge in [0.05, 0.1) is 6.21 Å². The largest absolute Gasteiger partial charge is 0.508 e. The number of aliphatic hydroxyl groups excluding tert-OH is 1. The van der Waals surface area contributed by atoms with Crippen molar-refractivity contribution in [1.82, 2.24) is 5.43 Å². The maximum Gasteiger partial charge on any atom is 0.267 e.